The molecule has 3 nitrogen and oxygen atoms in total. The SMILES string of the molecule is C=CCNc1c(CC=C)c(=O)oc2ccccc12. The van der Waals surface area contributed by atoms with Crippen LogP contribution in [0.5, 0.6) is 0 Å². The Bertz CT molecular complexity index is 640. The summed E-state index contributed by atoms with van der Waals surface area (Å²) in [5.74, 6) is 0. The average Bonchev–Trinajstić information content (AvgIpc) is 2.38. The molecular formula is C15H15NO2. The number of hydrogen-bond acceptors (Lipinski definition) is 3. The van der Waals surface area contributed by atoms with Crippen LogP contribution in [0.2, 0.25) is 0 Å². The van der Waals surface area contributed by atoms with Crippen molar-refractivity contribution in [2.75, 3.05) is 11.9 Å². The smallest absolute Gasteiger partial charge is 0.341 e. The molecule has 0 atom stereocenters. The zero-order valence-corrected chi connectivity index (χ0v) is 10.1. The van der Waals surface area contributed by atoms with E-state index in [1.807, 2.05) is 18.2 Å². The molecule has 18 heavy (non-hydrogen) atoms. The van der Waals surface area contributed by atoms with Crippen LogP contribution in [0.3, 0.4) is 0 Å². The molecule has 2 aromatic rings. The van der Waals surface area contributed by atoms with Crippen molar-refractivity contribution in [3.05, 3.63) is 65.6 Å². The molecule has 92 valence electrons. The van der Waals surface area contributed by atoms with Crippen LogP contribution in [0.25, 0.3) is 11.0 Å². The number of hydrogen-bond donors (Lipinski definition) is 1. The summed E-state index contributed by atoms with van der Waals surface area (Å²) in [6.45, 7) is 7.93. The Balaban J connectivity index is 2.71. The van der Waals surface area contributed by atoms with Crippen LogP contribution in [-0.4, -0.2) is 6.54 Å². The molecular weight excluding hydrogens is 226 g/mol. The van der Waals surface area contributed by atoms with Crippen molar-refractivity contribution in [2.45, 2.75) is 6.42 Å². The van der Waals surface area contributed by atoms with Gasteiger partial charge in [-0.15, -0.1) is 13.2 Å². The number of fused-ring (bicyclic) bond motifs is 1. The van der Waals surface area contributed by atoms with Crippen molar-refractivity contribution in [2.24, 2.45) is 0 Å². The fraction of sp³-hybridized carbons (Fsp3) is 0.133. The van der Waals surface area contributed by atoms with Gasteiger partial charge in [-0.1, -0.05) is 24.3 Å². The fourth-order valence-electron chi connectivity index (χ4n) is 1.89. The second-order valence-corrected chi connectivity index (χ2v) is 3.90. The van der Waals surface area contributed by atoms with Crippen LogP contribution in [0.4, 0.5) is 5.69 Å². The van der Waals surface area contributed by atoms with Crippen LogP contribution in [0.15, 0.2) is 58.8 Å². The standard InChI is InChI=1S/C15H15NO2/c1-3-7-12-14(16-10-4-2)11-8-5-6-9-13(11)18-15(12)17/h3-6,8-9,16H,1-2,7,10H2. The fourth-order valence-corrected chi connectivity index (χ4v) is 1.89. The normalized spacial score (nSPS) is 10.2. The first kappa shape index (κ1) is 12.2. The van der Waals surface area contributed by atoms with Crippen LogP contribution in [0.1, 0.15) is 5.56 Å². The van der Waals surface area contributed by atoms with Crippen molar-refractivity contribution in [1.82, 2.24) is 0 Å². The molecule has 1 N–H and O–H groups in total. The van der Waals surface area contributed by atoms with E-state index in [4.69, 9.17) is 4.42 Å². The number of nitrogens with one attached hydrogen (secondary N) is 1. The van der Waals surface area contributed by atoms with Gasteiger partial charge in [0.2, 0.25) is 0 Å². The van der Waals surface area contributed by atoms with Crippen molar-refractivity contribution in [3.63, 3.8) is 0 Å². The molecule has 1 aromatic heterocycles. The maximum atomic E-state index is 11.9. The lowest BCUT2D eigenvalue weighted by Crippen LogP contribution is -2.12. The van der Waals surface area contributed by atoms with E-state index >= 15 is 0 Å². The minimum absolute atomic E-state index is 0.319. The van der Waals surface area contributed by atoms with Gasteiger partial charge in [-0.2, -0.15) is 0 Å². The summed E-state index contributed by atoms with van der Waals surface area (Å²) in [5.41, 5.74) is 1.68. The maximum Gasteiger partial charge on any atom is 0.341 e. The lowest BCUT2D eigenvalue weighted by molar-refractivity contribution is 0.553. The highest BCUT2D eigenvalue weighted by atomic mass is 16.4. The number of rotatable bonds is 5. The maximum absolute atomic E-state index is 11.9. The van der Waals surface area contributed by atoms with Crippen molar-refractivity contribution in [3.8, 4) is 0 Å². The first-order valence-corrected chi connectivity index (χ1v) is 5.78. The second-order valence-electron chi connectivity index (χ2n) is 3.90. The van der Waals surface area contributed by atoms with Crippen molar-refractivity contribution < 1.29 is 4.42 Å². The van der Waals surface area contributed by atoms with Crippen LogP contribution >= 0.6 is 0 Å². The van der Waals surface area contributed by atoms with E-state index in [-0.39, 0.29) is 5.63 Å². The highest BCUT2D eigenvalue weighted by molar-refractivity contribution is 5.91. The zero-order valence-electron chi connectivity index (χ0n) is 10.1. The summed E-state index contributed by atoms with van der Waals surface area (Å²) in [5, 5.41) is 4.10. The number of allylic oxidation sites excluding steroid dienone is 1. The molecule has 0 radical (unpaired) electrons. The predicted octanol–water partition coefficient (Wildman–Crippen LogP) is 3.12. The van der Waals surface area contributed by atoms with E-state index in [0.29, 0.717) is 24.1 Å². The van der Waals surface area contributed by atoms with E-state index in [0.717, 1.165) is 11.1 Å². The van der Waals surface area contributed by atoms with Gasteiger partial charge in [-0.3, -0.25) is 0 Å². The highest BCUT2D eigenvalue weighted by Crippen LogP contribution is 2.25. The third-order valence-corrected chi connectivity index (χ3v) is 2.68. The summed E-state index contributed by atoms with van der Waals surface area (Å²) in [7, 11) is 0. The van der Waals surface area contributed by atoms with E-state index in [1.54, 1.807) is 18.2 Å². The quantitative estimate of drug-likeness (QED) is 0.646. The molecule has 0 bridgehead atoms. The lowest BCUT2D eigenvalue weighted by atomic mass is 10.1. The Morgan fingerprint density at radius 2 is 2.00 bits per heavy atom. The summed E-state index contributed by atoms with van der Waals surface area (Å²) in [6.07, 6.45) is 3.92. The molecule has 0 saturated heterocycles. The summed E-state index contributed by atoms with van der Waals surface area (Å²) in [4.78, 5) is 11.9. The van der Waals surface area contributed by atoms with E-state index in [2.05, 4.69) is 18.5 Å². The third kappa shape index (κ3) is 2.20. The van der Waals surface area contributed by atoms with Crippen molar-refractivity contribution in [1.29, 1.82) is 0 Å². The monoisotopic (exact) mass is 241 g/mol. The first-order chi connectivity index (χ1) is 8.77. The number of para-hydroxylation sites is 1. The van der Waals surface area contributed by atoms with Crippen LogP contribution < -0.4 is 10.9 Å². The van der Waals surface area contributed by atoms with Crippen LogP contribution in [0, 0.1) is 0 Å². The Kier molecular flexibility index (Phi) is 3.63. The Labute approximate surface area is 105 Å². The van der Waals surface area contributed by atoms with Gasteiger partial charge < -0.3 is 9.73 Å². The molecule has 0 saturated carbocycles. The van der Waals surface area contributed by atoms with E-state index in [1.165, 1.54) is 0 Å². The minimum atomic E-state index is -0.319. The van der Waals surface area contributed by atoms with Gasteiger partial charge in [0, 0.05) is 11.9 Å². The molecule has 0 unspecified atom stereocenters. The average molecular weight is 241 g/mol. The molecule has 0 aliphatic carbocycles. The van der Waals surface area contributed by atoms with Gasteiger partial charge in [-0.25, -0.2) is 4.79 Å². The molecule has 0 fully saturated rings. The molecule has 0 amide bonds. The Morgan fingerprint density at radius 3 is 2.72 bits per heavy atom. The Morgan fingerprint density at radius 1 is 1.22 bits per heavy atom. The molecule has 0 spiro atoms. The van der Waals surface area contributed by atoms with Crippen LogP contribution in [-0.2, 0) is 6.42 Å². The second kappa shape index (κ2) is 5.36. The largest absolute Gasteiger partial charge is 0.422 e. The predicted molar refractivity (Wildman–Crippen MR) is 75.1 cm³/mol. The summed E-state index contributed by atoms with van der Waals surface area (Å²) in [6, 6.07) is 7.47. The topological polar surface area (TPSA) is 42.2 Å². The van der Waals surface area contributed by atoms with Gasteiger partial charge >= 0.3 is 5.63 Å². The van der Waals surface area contributed by atoms with E-state index in [9.17, 15) is 4.79 Å². The third-order valence-electron chi connectivity index (χ3n) is 2.68. The highest BCUT2D eigenvalue weighted by Gasteiger charge is 2.12. The number of benzene rings is 1. The molecule has 3 heteroatoms. The molecule has 0 aliphatic heterocycles. The number of anilines is 1. The first-order valence-electron chi connectivity index (χ1n) is 5.78. The molecule has 1 aromatic carbocycles. The van der Waals surface area contributed by atoms with Crippen molar-refractivity contribution >= 4 is 16.7 Å². The van der Waals surface area contributed by atoms with Gasteiger partial charge in [0.25, 0.3) is 0 Å². The molecule has 2 rings (SSSR count). The summed E-state index contributed by atoms with van der Waals surface area (Å²) < 4.78 is 5.30. The minimum Gasteiger partial charge on any atom is -0.422 e. The van der Waals surface area contributed by atoms with Gasteiger partial charge in [0.1, 0.15) is 5.58 Å². The van der Waals surface area contributed by atoms with Gasteiger partial charge in [0.05, 0.1) is 11.3 Å². The van der Waals surface area contributed by atoms with E-state index < -0.39 is 0 Å². The van der Waals surface area contributed by atoms with Gasteiger partial charge in [-0.05, 0) is 18.6 Å². The molecule has 1 heterocycles. The summed E-state index contributed by atoms with van der Waals surface area (Å²) >= 11 is 0. The lowest BCUT2D eigenvalue weighted by Gasteiger charge is -2.11. The zero-order chi connectivity index (χ0) is 13.0. The Hall–Kier alpha value is -2.29. The van der Waals surface area contributed by atoms with Gasteiger partial charge in [0.15, 0.2) is 0 Å². The molecule has 0 aliphatic rings.